The van der Waals surface area contributed by atoms with Crippen LogP contribution in [-0.2, 0) is 14.3 Å². The fraction of sp³-hybridized carbons (Fsp3) is 0.621. The van der Waals surface area contributed by atoms with Gasteiger partial charge in [0, 0.05) is 18.7 Å². The Labute approximate surface area is 217 Å². The molecule has 0 aliphatic carbocycles. The number of terminal acetylenes is 1. The maximum atomic E-state index is 13.7. The average molecular weight is 500 g/mol. The number of rotatable bonds is 14. The molecule has 0 saturated heterocycles. The summed E-state index contributed by atoms with van der Waals surface area (Å²) in [4.78, 5) is 41.2. The maximum Gasteiger partial charge on any atom is 0.408 e. The van der Waals surface area contributed by atoms with E-state index in [1.54, 1.807) is 44.7 Å². The Balaban J connectivity index is 3.33. The summed E-state index contributed by atoms with van der Waals surface area (Å²) in [7, 11) is 0. The zero-order valence-electron chi connectivity index (χ0n) is 23.0. The average Bonchev–Trinajstić information content (AvgIpc) is 2.81. The predicted molar refractivity (Wildman–Crippen MR) is 144 cm³/mol. The third kappa shape index (κ3) is 10.7. The molecular weight excluding hydrogens is 454 g/mol. The lowest BCUT2D eigenvalue weighted by molar-refractivity contribution is -0.142. The smallest absolute Gasteiger partial charge is 0.408 e. The Morgan fingerprint density at radius 2 is 1.67 bits per heavy atom. The zero-order chi connectivity index (χ0) is 27.1. The molecule has 2 N–H and O–H groups in total. The number of unbranched alkanes of at least 4 members (excludes halogenated alkanes) is 5. The van der Waals surface area contributed by atoms with Crippen LogP contribution in [-0.4, -0.2) is 47.5 Å². The van der Waals surface area contributed by atoms with Crippen LogP contribution in [0.5, 0.6) is 0 Å². The summed E-state index contributed by atoms with van der Waals surface area (Å²) in [5, 5.41) is 5.61. The van der Waals surface area contributed by atoms with Gasteiger partial charge in [-0.25, -0.2) is 4.79 Å². The summed E-state index contributed by atoms with van der Waals surface area (Å²) < 4.78 is 5.33. The van der Waals surface area contributed by atoms with Gasteiger partial charge in [-0.15, -0.1) is 6.42 Å². The van der Waals surface area contributed by atoms with Gasteiger partial charge >= 0.3 is 6.09 Å². The van der Waals surface area contributed by atoms with Crippen LogP contribution >= 0.6 is 0 Å². The van der Waals surface area contributed by atoms with Crippen molar-refractivity contribution >= 4 is 17.9 Å². The van der Waals surface area contributed by atoms with Crippen molar-refractivity contribution in [2.75, 3.05) is 13.1 Å². The van der Waals surface area contributed by atoms with Gasteiger partial charge in [0.15, 0.2) is 0 Å². The minimum Gasteiger partial charge on any atom is -0.444 e. The molecule has 2 atom stereocenters. The van der Waals surface area contributed by atoms with Gasteiger partial charge in [-0.2, -0.15) is 0 Å². The predicted octanol–water partition coefficient (Wildman–Crippen LogP) is 5.34. The molecule has 36 heavy (non-hydrogen) atoms. The molecule has 0 fully saturated rings. The van der Waals surface area contributed by atoms with Crippen molar-refractivity contribution in [1.82, 2.24) is 15.5 Å². The number of ether oxygens (including phenoxy) is 1. The minimum absolute atomic E-state index is 0.280. The first-order valence-corrected chi connectivity index (χ1v) is 13.2. The van der Waals surface area contributed by atoms with Gasteiger partial charge in [-0.1, -0.05) is 70.1 Å². The van der Waals surface area contributed by atoms with Gasteiger partial charge in [0.25, 0.3) is 0 Å². The highest BCUT2D eigenvalue weighted by atomic mass is 16.6. The monoisotopic (exact) mass is 499 g/mol. The number of carbonyl (C=O) groups excluding carboxylic acids is 3. The number of benzene rings is 1. The number of carbonyl (C=O) groups is 3. The van der Waals surface area contributed by atoms with Gasteiger partial charge in [0.1, 0.15) is 17.7 Å². The first-order valence-electron chi connectivity index (χ1n) is 13.2. The largest absolute Gasteiger partial charge is 0.444 e. The summed E-state index contributed by atoms with van der Waals surface area (Å²) in [5.74, 6) is 2.01. The number of hydrogen-bond acceptors (Lipinski definition) is 4. The van der Waals surface area contributed by atoms with Crippen molar-refractivity contribution in [2.45, 2.75) is 104 Å². The van der Waals surface area contributed by atoms with E-state index >= 15 is 0 Å². The molecule has 0 aliphatic rings. The molecule has 0 aromatic heterocycles. The zero-order valence-corrected chi connectivity index (χ0v) is 23.0. The molecule has 0 heterocycles. The van der Waals surface area contributed by atoms with Crippen LogP contribution in [0, 0.1) is 12.3 Å². The third-order valence-corrected chi connectivity index (χ3v) is 5.69. The number of nitrogens with one attached hydrogen (secondary N) is 2. The van der Waals surface area contributed by atoms with E-state index in [0.29, 0.717) is 24.2 Å². The molecule has 0 aliphatic heterocycles. The van der Waals surface area contributed by atoms with E-state index in [9.17, 15) is 14.4 Å². The summed E-state index contributed by atoms with van der Waals surface area (Å²) in [6.45, 7) is 12.0. The van der Waals surface area contributed by atoms with E-state index < -0.39 is 23.8 Å². The Bertz CT molecular complexity index is 885. The summed E-state index contributed by atoms with van der Waals surface area (Å²) in [6, 6.07) is 5.40. The van der Waals surface area contributed by atoms with Crippen LogP contribution in [0.3, 0.4) is 0 Å². The highest BCUT2D eigenvalue weighted by Gasteiger charge is 2.35. The third-order valence-electron chi connectivity index (χ3n) is 5.69. The molecule has 7 heteroatoms. The molecule has 1 aromatic rings. The first-order chi connectivity index (χ1) is 17.1. The fourth-order valence-corrected chi connectivity index (χ4v) is 3.85. The molecule has 200 valence electrons. The van der Waals surface area contributed by atoms with Gasteiger partial charge < -0.3 is 20.3 Å². The Kier molecular flexibility index (Phi) is 13.7. The van der Waals surface area contributed by atoms with Crippen LogP contribution < -0.4 is 10.6 Å². The van der Waals surface area contributed by atoms with Crippen molar-refractivity contribution < 1.29 is 19.1 Å². The fourth-order valence-electron chi connectivity index (χ4n) is 3.85. The Morgan fingerprint density at radius 3 is 2.28 bits per heavy atom. The summed E-state index contributed by atoms with van der Waals surface area (Å²) >= 11 is 0. The number of amides is 3. The molecule has 0 bridgehead atoms. The van der Waals surface area contributed by atoms with Crippen molar-refractivity contribution in [3.05, 3.63) is 35.4 Å². The van der Waals surface area contributed by atoms with Crippen LogP contribution in [0.4, 0.5) is 4.79 Å². The Morgan fingerprint density at radius 1 is 1.03 bits per heavy atom. The summed E-state index contributed by atoms with van der Waals surface area (Å²) in [6.07, 6.45) is 11.8. The second-order valence-electron chi connectivity index (χ2n) is 10.1. The maximum absolute atomic E-state index is 13.7. The van der Waals surface area contributed by atoms with E-state index in [2.05, 4.69) is 23.5 Å². The van der Waals surface area contributed by atoms with Crippen molar-refractivity contribution in [1.29, 1.82) is 0 Å². The van der Waals surface area contributed by atoms with Gasteiger partial charge in [0.2, 0.25) is 11.8 Å². The normalized spacial score (nSPS) is 12.7. The minimum atomic E-state index is -0.907. The lowest BCUT2D eigenvalue weighted by Gasteiger charge is -2.34. The molecule has 1 rings (SSSR count). The molecule has 0 saturated carbocycles. The Hall–Kier alpha value is -3.01. The van der Waals surface area contributed by atoms with E-state index in [4.69, 9.17) is 11.2 Å². The SMILES string of the molecule is C#Cc1ccccc1C(C(=O)NCCCC)N(CCCCCCC)C(=O)C(C)NC(=O)OC(C)(C)C. The van der Waals surface area contributed by atoms with Gasteiger partial charge in [-0.3, -0.25) is 9.59 Å². The molecule has 1 aromatic carbocycles. The number of nitrogens with zero attached hydrogens (tertiary/aromatic N) is 1. The van der Waals surface area contributed by atoms with E-state index in [0.717, 1.165) is 44.9 Å². The highest BCUT2D eigenvalue weighted by Crippen LogP contribution is 2.26. The van der Waals surface area contributed by atoms with Crippen LogP contribution in [0.25, 0.3) is 0 Å². The molecular formula is C29H45N3O4. The van der Waals surface area contributed by atoms with Gasteiger partial charge in [-0.05, 0) is 52.2 Å². The lowest BCUT2D eigenvalue weighted by atomic mass is 9.97. The van der Waals surface area contributed by atoms with E-state index in [-0.39, 0.29) is 11.8 Å². The van der Waals surface area contributed by atoms with E-state index in [1.165, 1.54) is 0 Å². The van der Waals surface area contributed by atoms with Crippen LogP contribution in [0.2, 0.25) is 0 Å². The second-order valence-corrected chi connectivity index (χ2v) is 10.1. The second kappa shape index (κ2) is 15.9. The standard InChI is InChI=1S/C29H45N3O4/c1-8-11-13-14-17-21-32(27(34)22(4)31-28(35)36-29(5,6)7)25(26(33)30-20-12-9-2)24-19-16-15-18-23(24)10-3/h3,15-16,18-19,22,25H,8-9,11-14,17,20-21H2,1-2,4-7H3,(H,30,33)(H,31,35). The number of hydrogen-bond donors (Lipinski definition) is 2. The topological polar surface area (TPSA) is 87.7 Å². The molecule has 0 radical (unpaired) electrons. The van der Waals surface area contributed by atoms with Crippen LogP contribution in [0.15, 0.2) is 24.3 Å². The van der Waals surface area contributed by atoms with Crippen molar-refractivity contribution in [3.63, 3.8) is 0 Å². The quantitative estimate of drug-likeness (QED) is 0.267. The number of alkyl carbamates (subject to hydrolysis) is 1. The van der Waals surface area contributed by atoms with Crippen molar-refractivity contribution in [2.24, 2.45) is 0 Å². The molecule has 7 nitrogen and oxygen atoms in total. The lowest BCUT2D eigenvalue weighted by Crippen LogP contribution is -2.52. The van der Waals surface area contributed by atoms with Crippen LogP contribution in [0.1, 0.15) is 104 Å². The molecule has 2 unspecified atom stereocenters. The first kappa shape index (κ1) is 31.0. The molecule has 3 amide bonds. The molecule has 0 spiro atoms. The van der Waals surface area contributed by atoms with Gasteiger partial charge in [0.05, 0.1) is 0 Å². The van der Waals surface area contributed by atoms with E-state index in [1.807, 2.05) is 19.1 Å². The van der Waals surface area contributed by atoms with Crippen molar-refractivity contribution in [3.8, 4) is 12.3 Å². The summed E-state index contributed by atoms with van der Waals surface area (Å²) in [5.41, 5.74) is 0.462. The highest BCUT2D eigenvalue weighted by molar-refractivity contribution is 5.92.